The van der Waals surface area contributed by atoms with E-state index < -0.39 is 6.04 Å². The second-order valence-electron chi connectivity index (χ2n) is 7.30. The number of nitrogens with one attached hydrogen (secondary N) is 2. The van der Waals surface area contributed by atoms with Crippen molar-refractivity contribution in [1.29, 1.82) is 0 Å². The molecule has 160 valence electrons. The highest BCUT2D eigenvalue weighted by molar-refractivity contribution is 9.10. The minimum Gasteiger partial charge on any atom is -0.410 e. The molecule has 1 aliphatic rings. The van der Waals surface area contributed by atoms with Gasteiger partial charge in [-0.3, -0.25) is 9.59 Å². The number of hydrogen-bond donors (Lipinski definition) is 3. The predicted molar refractivity (Wildman–Crippen MR) is 127 cm³/mol. The Hall–Kier alpha value is -3.71. The van der Waals surface area contributed by atoms with Gasteiger partial charge in [0, 0.05) is 27.7 Å². The molecule has 0 unspecified atom stereocenters. The summed E-state index contributed by atoms with van der Waals surface area (Å²) in [7, 11) is 0. The number of allylic oxidation sites excluding steroid dienone is 2. The van der Waals surface area contributed by atoms with Gasteiger partial charge in [0.2, 0.25) is 11.7 Å². The Morgan fingerprint density at radius 3 is 2.41 bits per heavy atom. The summed E-state index contributed by atoms with van der Waals surface area (Å²) in [5.41, 5.74) is 2.99. The summed E-state index contributed by atoms with van der Waals surface area (Å²) in [5, 5.41) is 18.8. The summed E-state index contributed by atoms with van der Waals surface area (Å²) in [5.74, 6) is -0.552. The third kappa shape index (κ3) is 4.78. The molecule has 1 atom stereocenters. The molecule has 0 spiro atoms. The first-order chi connectivity index (χ1) is 15.5. The number of Topliss-reactive ketones (excluding diaryl/α,β-unsaturated/α-hetero) is 1. The molecule has 0 heterocycles. The Kier molecular flexibility index (Phi) is 6.47. The summed E-state index contributed by atoms with van der Waals surface area (Å²) < 4.78 is 0.841. The first-order valence-corrected chi connectivity index (χ1v) is 10.8. The number of anilines is 1. The minimum atomic E-state index is -0.739. The third-order valence-corrected chi connectivity index (χ3v) is 5.60. The Bertz CT molecular complexity index is 1220. The molecular weight excluding hydrogens is 470 g/mol. The number of carbonyl (C=O) groups excluding carboxylic acids is 2. The van der Waals surface area contributed by atoms with Crippen molar-refractivity contribution in [3.63, 3.8) is 0 Å². The normalized spacial score (nSPS) is 15.0. The van der Waals surface area contributed by atoms with E-state index in [0.29, 0.717) is 23.2 Å². The van der Waals surface area contributed by atoms with Crippen LogP contribution in [0.5, 0.6) is 0 Å². The van der Waals surface area contributed by atoms with Crippen molar-refractivity contribution in [1.82, 2.24) is 5.32 Å². The fraction of sp³-hybridized carbons (Fsp3) is 0.0800. The molecule has 0 aliphatic heterocycles. The monoisotopic (exact) mass is 489 g/mol. The number of oxime groups is 1. The summed E-state index contributed by atoms with van der Waals surface area (Å²) in [6.07, 6.45) is 1.83. The van der Waals surface area contributed by atoms with Crippen LogP contribution in [0, 0.1) is 0 Å². The molecule has 0 saturated heterocycles. The average molecular weight is 490 g/mol. The molecule has 1 amide bonds. The van der Waals surface area contributed by atoms with Gasteiger partial charge in [-0.15, -0.1) is 0 Å². The fourth-order valence-corrected chi connectivity index (χ4v) is 3.96. The van der Waals surface area contributed by atoms with Crippen LogP contribution in [0.3, 0.4) is 0 Å². The van der Waals surface area contributed by atoms with Gasteiger partial charge in [-0.25, -0.2) is 0 Å². The first kappa shape index (κ1) is 21.5. The molecule has 3 aromatic rings. The van der Waals surface area contributed by atoms with Gasteiger partial charge in [0.1, 0.15) is 11.8 Å². The van der Waals surface area contributed by atoms with Crippen LogP contribution in [0.4, 0.5) is 5.69 Å². The quantitative estimate of drug-likeness (QED) is 0.350. The highest BCUT2D eigenvalue weighted by atomic mass is 79.9. The number of carbonyl (C=O) groups is 2. The van der Waals surface area contributed by atoms with Gasteiger partial charge < -0.3 is 15.8 Å². The molecule has 7 heteroatoms. The smallest absolute Gasteiger partial charge is 0.247 e. The second kappa shape index (κ2) is 9.62. The van der Waals surface area contributed by atoms with E-state index in [1.165, 1.54) is 6.08 Å². The maximum atomic E-state index is 13.2. The molecular formula is C25H20BrN3O3. The Balaban J connectivity index is 1.63. The van der Waals surface area contributed by atoms with E-state index in [2.05, 4.69) is 31.7 Å². The molecule has 0 bridgehead atoms. The van der Waals surface area contributed by atoms with E-state index in [9.17, 15) is 14.8 Å². The van der Waals surface area contributed by atoms with Crippen LogP contribution in [0.25, 0.3) is 0 Å². The van der Waals surface area contributed by atoms with Gasteiger partial charge in [0.15, 0.2) is 0 Å². The lowest BCUT2D eigenvalue weighted by Crippen LogP contribution is -2.44. The van der Waals surface area contributed by atoms with Gasteiger partial charge in [0.05, 0.1) is 5.70 Å². The van der Waals surface area contributed by atoms with Crippen LogP contribution < -0.4 is 10.6 Å². The molecule has 32 heavy (non-hydrogen) atoms. The van der Waals surface area contributed by atoms with E-state index in [0.717, 1.165) is 10.0 Å². The summed E-state index contributed by atoms with van der Waals surface area (Å²) >= 11 is 3.40. The standard InChI is InChI=1S/C25H20BrN3O3/c26-17-9-6-10-18(14-17)27-25(31)23(13-16-7-2-1-3-8-16)28-22-15-21(29-32)19-11-4-5-12-20(19)24(22)30/h1-12,14-15,23,28,32H,13H2,(H,27,31)/t23-/m1/s1. The largest absolute Gasteiger partial charge is 0.410 e. The van der Waals surface area contributed by atoms with Crippen LogP contribution in [0.15, 0.2) is 100 Å². The Labute approximate surface area is 193 Å². The zero-order valence-electron chi connectivity index (χ0n) is 17.0. The van der Waals surface area contributed by atoms with Crippen LogP contribution in [0.2, 0.25) is 0 Å². The van der Waals surface area contributed by atoms with Gasteiger partial charge in [0.25, 0.3) is 0 Å². The van der Waals surface area contributed by atoms with Gasteiger partial charge in [-0.1, -0.05) is 81.7 Å². The molecule has 3 N–H and O–H groups in total. The second-order valence-corrected chi connectivity index (χ2v) is 8.22. The van der Waals surface area contributed by atoms with Crippen LogP contribution in [-0.4, -0.2) is 28.7 Å². The number of fused-ring (bicyclic) bond motifs is 1. The molecule has 0 fully saturated rings. The Morgan fingerprint density at radius 2 is 1.69 bits per heavy atom. The number of ketones is 1. The van der Waals surface area contributed by atoms with E-state index in [1.807, 2.05) is 42.5 Å². The zero-order chi connectivity index (χ0) is 22.5. The zero-order valence-corrected chi connectivity index (χ0v) is 18.5. The predicted octanol–water partition coefficient (Wildman–Crippen LogP) is 4.55. The number of nitrogens with zero attached hydrogens (tertiary/aromatic N) is 1. The molecule has 0 radical (unpaired) electrons. The topological polar surface area (TPSA) is 90.8 Å². The molecule has 1 aliphatic carbocycles. The lowest BCUT2D eigenvalue weighted by atomic mass is 9.91. The number of hydrogen-bond acceptors (Lipinski definition) is 5. The van der Waals surface area contributed by atoms with Crippen molar-refractivity contribution in [2.45, 2.75) is 12.5 Å². The van der Waals surface area contributed by atoms with E-state index in [-0.39, 0.29) is 23.1 Å². The SMILES string of the molecule is O=C1C(N[C@H](Cc2ccccc2)C(=O)Nc2cccc(Br)c2)=CC(=NO)c2ccccc21. The minimum absolute atomic E-state index is 0.196. The highest BCUT2D eigenvalue weighted by Crippen LogP contribution is 2.22. The van der Waals surface area contributed by atoms with Crippen LogP contribution in [-0.2, 0) is 11.2 Å². The van der Waals surface area contributed by atoms with Gasteiger partial charge >= 0.3 is 0 Å². The van der Waals surface area contributed by atoms with Crippen molar-refractivity contribution in [2.75, 3.05) is 5.32 Å². The van der Waals surface area contributed by atoms with E-state index in [1.54, 1.807) is 36.4 Å². The maximum absolute atomic E-state index is 13.2. The summed E-state index contributed by atoms with van der Waals surface area (Å²) in [4.78, 5) is 26.3. The van der Waals surface area contributed by atoms with Crippen LogP contribution >= 0.6 is 15.9 Å². The summed E-state index contributed by atoms with van der Waals surface area (Å²) in [6, 6.07) is 23.0. The lowest BCUT2D eigenvalue weighted by molar-refractivity contribution is -0.117. The van der Waals surface area contributed by atoms with Crippen molar-refractivity contribution >= 4 is 39.0 Å². The first-order valence-electron chi connectivity index (χ1n) is 10.00. The summed E-state index contributed by atoms with van der Waals surface area (Å²) in [6.45, 7) is 0. The van der Waals surface area contributed by atoms with E-state index >= 15 is 0 Å². The maximum Gasteiger partial charge on any atom is 0.247 e. The molecule has 6 nitrogen and oxygen atoms in total. The van der Waals surface area contributed by atoms with Crippen molar-refractivity contribution in [2.24, 2.45) is 5.16 Å². The molecule has 0 aromatic heterocycles. The van der Waals surface area contributed by atoms with E-state index in [4.69, 9.17) is 0 Å². The number of amides is 1. The third-order valence-electron chi connectivity index (χ3n) is 5.10. The fourth-order valence-electron chi connectivity index (χ4n) is 3.56. The molecule has 3 aromatic carbocycles. The molecule has 0 saturated carbocycles. The number of halogens is 1. The van der Waals surface area contributed by atoms with Crippen molar-refractivity contribution < 1.29 is 14.8 Å². The lowest BCUT2D eigenvalue weighted by Gasteiger charge is -2.24. The van der Waals surface area contributed by atoms with Crippen LogP contribution in [0.1, 0.15) is 21.5 Å². The van der Waals surface area contributed by atoms with Gasteiger partial charge in [-0.05, 0) is 29.8 Å². The Morgan fingerprint density at radius 1 is 0.969 bits per heavy atom. The van der Waals surface area contributed by atoms with Gasteiger partial charge in [-0.2, -0.15) is 0 Å². The highest BCUT2D eigenvalue weighted by Gasteiger charge is 2.28. The molecule has 4 rings (SSSR count). The number of benzene rings is 3. The average Bonchev–Trinajstić information content (AvgIpc) is 2.81. The van der Waals surface area contributed by atoms with Crippen molar-refractivity contribution in [3.05, 3.63) is 112 Å². The number of rotatable bonds is 6. The van der Waals surface area contributed by atoms with Crippen molar-refractivity contribution in [3.8, 4) is 0 Å².